The maximum Gasteiger partial charge on any atom is 0.258 e. The van der Waals surface area contributed by atoms with Crippen LogP contribution in [0.5, 0.6) is 0 Å². The van der Waals surface area contributed by atoms with Gasteiger partial charge in [0.05, 0.1) is 11.6 Å². The Labute approximate surface area is 186 Å². The first kappa shape index (κ1) is 21.0. The van der Waals surface area contributed by atoms with Gasteiger partial charge in [0.15, 0.2) is 0 Å². The number of hydrogen-bond acceptors (Lipinski definition) is 6. The molecule has 0 fully saturated rings. The van der Waals surface area contributed by atoms with Crippen LogP contribution in [-0.4, -0.2) is 28.8 Å². The number of aryl methyl sites for hydroxylation is 1. The minimum Gasteiger partial charge on any atom is -0.380 e. The molecule has 7 heteroatoms. The van der Waals surface area contributed by atoms with Crippen molar-refractivity contribution in [2.24, 2.45) is 0 Å². The molecule has 0 saturated heterocycles. The summed E-state index contributed by atoms with van der Waals surface area (Å²) in [4.78, 5) is 8.89. The Morgan fingerprint density at radius 3 is 2.65 bits per heavy atom. The number of aromatic nitrogens is 3. The van der Waals surface area contributed by atoms with E-state index in [4.69, 9.17) is 20.9 Å². The van der Waals surface area contributed by atoms with Crippen molar-refractivity contribution < 1.29 is 9.26 Å². The molecule has 0 bridgehead atoms. The van der Waals surface area contributed by atoms with Crippen molar-refractivity contribution in [3.63, 3.8) is 0 Å². The number of benzene rings is 2. The van der Waals surface area contributed by atoms with Gasteiger partial charge in [-0.05, 0) is 54.3 Å². The predicted octanol–water partition coefficient (Wildman–Crippen LogP) is 6.01. The number of halogens is 1. The van der Waals surface area contributed by atoms with E-state index in [0.717, 1.165) is 23.2 Å². The van der Waals surface area contributed by atoms with E-state index in [0.29, 0.717) is 34.7 Å². The molecule has 0 unspecified atom stereocenters. The summed E-state index contributed by atoms with van der Waals surface area (Å²) in [6, 6.07) is 16.2. The van der Waals surface area contributed by atoms with Crippen molar-refractivity contribution in [2.45, 2.75) is 20.5 Å². The van der Waals surface area contributed by atoms with Crippen molar-refractivity contribution in [3.8, 4) is 34.0 Å². The van der Waals surface area contributed by atoms with E-state index < -0.39 is 0 Å². The first-order valence-corrected chi connectivity index (χ1v) is 10.4. The molecular formula is C24H23ClN4O2. The van der Waals surface area contributed by atoms with E-state index in [9.17, 15) is 0 Å². The topological polar surface area (TPSA) is 73.1 Å². The van der Waals surface area contributed by atoms with E-state index in [1.165, 1.54) is 11.1 Å². The summed E-state index contributed by atoms with van der Waals surface area (Å²) in [6.45, 7) is 5.30. The molecule has 0 spiro atoms. The highest BCUT2D eigenvalue weighted by atomic mass is 35.5. The highest BCUT2D eigenvalue weighted by molar-refractivity contribution is 6.33. The van der Waals surface area contributed by atoms with Gasteiger partial charge in [0.1, 0.15) is 5.82 Å². The van der Waals surface area contributed by atoms with Crippen LogP contribution in [0.25, 0.3) is 34.0 Å². The second-order valence-electron chi connectivity index (χ2n) is 7.13. The first-order chi connectivity index (χ1) is 15.1. The van der Waals surface area contributed by atoms with Crippen LogP contribution in [0.4, 0.5) is 5.82 Å². The number of methoxy groups -OCH3 is 1. The van der Waals surface area contributed by atoms with E-state index in [1.54, 1.807) is 19.4 Å². The molecule has 6 nitrogen and oxygen atoms in total. The molecule has 0 atom stereocenters. The first-order valence-electron chi connectivity index (χ1n) is 10.0. The lowest BCUT2D eigenvalue weighted by molar-refractivity contribution is 0.185. The third kappa shape index (κ3) is 4.45. The standard InChI is InChI=1S/C24H23ClN4O2/c1-4-26-23-21(25)12-17(13-27-23)22-28-24(31-29-22)16-9-10-20(18(11-16)14-30-3)19-8-6-5-7-15(19)2/h5-13H,4,14H2,1-3H3,(H,26,27). The Hall–Kier alpha value is -3.22. The number of nitrogens with one attached hydrogen (secondary N) is 1. The Morgan fingerprint density at radius 2 is 1.90 bits per heavy atom. The van der Waals surface area contributed by atoms with Gasteiger partial charge in [-0.15, -0.1) is 0 Å². The molecule has 0 aliphatic rings. The molecule has 1 N–H and O–H groups in total. The molecule has 2 aromatic heterocycles. The zero-order chi connectivity index (χ0) is 21.8. The smallest absolute Gasteiger partial charge is 0.258 e. The van der Waals surface area contributed by atoms with Crippen LogP contribution >= 0.6 is 11.6 Å². The Morgan fingerprint density at radius 1 is 1.06 bits per heavy atom. The van der Waals surface area contributed by atoms with Gasteiger partial charge in [-0.3, -0.25) is 0 Å². The fraction of sp³-hybridized carbons (Fsp3) is 0.208. The van der Waals surface area contributed by atoms with Crippen LogP contribution in [0.1, 0.15) is 18.1 Å². The molecule has 4 aromatic rings. The minimum absolute atomic E-state index is 0.426. The Kier molecular flexibility index (Phi) is 6.30. The average molecular weight is 435 g/mol. The van der Waals surface area contributed by atoms with E-state index in [1.807, 2.05) is 31.2 Å². The van der Waals surface area contributed by atoms with Gasteiger partial charge in [0.2, 0.25) is 5.82 Å². The summed E-state index contributed by atoms with van der Waals surface area (Å²) < 4.78 is 11.0. The summed E-state index contributed by atoms with van der Waals surface area (Å²) in [5.74, 6) is 1.49. The molecule has 2 aromatic carbocycles. The average Bonchev–Trinajstić information content (AvgIpc) is 3.26. The molecule has 158 valence electrons. The summed E-state index contributed by atoms with van der Waals surface area (Å²) >= 11 is 6.30. The molecule has 31 heavy (non-hydrogen) atoms. The van der Waals surface area contributed by atoms with Crippen LogP contribution in [0, 0.1) is 6.92 Å². The molecule has 0 aliphatic carbocycles. The highest BCUT2D eigenvalue weighted by Gasteiger charge is 2.15. The van der Waals surface area contributed by atoms with Crippen molar-refractivity contribution in [3.05, 3.63) is 70.9 Å². The summed E-state index contributed by atoms with van der Waals surface area (Å²) in [5, 5.41) is 7.73. The number of hydrogen-bond donors (Lipinski definition) is 1. The summed E-state index contributed by atoms with van der Waals surface area (Å²) in [5.41, 5.74) is 6.07. The molecule has 2 heterocycles. The van der Waals surface area contributed by atoms with Gasteiger partial charge in [-0.1, -0.05) is 47.1 Å². The predicted molar refractivity (Wildman–Crippen MR) is 123 cm³/mol. The maximum atomic E-state index is 6.30. The molecule has 0 saturated carbocycles. The third-order valence-corrected chi connectivity index (χ3v) is 5.25. The van der Waals surface area contributed by atoms with Crippen molar-refractivity contribution in [1.82, 2.24) is 15.1 Å². The van der Waals surface area contributed by atoms with Crippen LogP contribution < -0.4 is 5.32 Å². The number of ether oxygens (including phenoxy) is 1. The highest BCUT2D eigenvalue weighted by Crippen LogP contribution is 2.32. The third-order valence-electron chi connectivity index (χ3n) is 4.96. The molecule has 0 radical (unpaired) electrons. The normalized spacial score (nSPS) is 11.0. The zero-order valence-corrected chi connectivity index (χ0v) is 18.4. The second kappa shape index (κ2) is 9.29. The SMILES string of the molecule is CCNc1ncc(-c2noc(-c3ccc(-c4ccccc4C)c(COC)c3)n2)cc1Cl. The second-order valence-corrected chi connectivity index (χ2v) is 7.53. The van der Waals surface area contributed by atoms with Gasteiger partial charge in [-0.25, -0.2) is 4.98 Å². The van der Waals surface area contributed by atoms with E-state index in [2.05, 4.69) is 45.6 Å². The van der Waals surface area contributed by atoms with Crippen LogP contribution in [0.3, 0.4) is 0 Å². The van der Waals surface area contributed by atoms with Crippen LogP contribution in [0.15, 0.2) is 59.3 Å². The maximum absolute atomic E-state index is 6.30. The lowest BCUT2D eigenvalue weighted by atomic mass is 9.94. The van der Waals surface area contributed by atoms with Crippen molar-refractivity contribution >= 4 is 17.4 Å². The van der Waals surface area contributed by atoms with E-state index in [-0.39, 0.29) is 0 Å². The fourth-order valence-corrected chi connectivity index (χ4v) is 3.69. The van der Waals surface area contributed by atoms with Gasteiger partial charge in [0, 0.05) is 31.0 Å². The van der Waals surface area contributed by atoms with E-state index >= 15 is 0 Å². The molecule has 0 amide bonds. The van der Waals surface area contributed by atoms with Gasteiger partial charge >= 0.3 is 0 Å². The molecular weight excluding hydrogens is 412 g/mol. The van der Waals surface area contributed by atoms with Gasteiger partial charge in [-0.2, -0.15) is 4.98 Å². The zero-order valence-electron chi connectivity index (χ0n) is 17.6. The number of pyridine rings is 1. The quantitative estimate of drug-likeness (QED) is 0.384. The molecule has 4 rings (SSSR count). The number of rotatable bonds is 7. The summed E-state index contributed by atoms with van der Waals surface area (Å²) in [7, 11) is 1.69. The lowest BCUT2D eigenvalue weighted by Gasteiger charge is -2.12. The van der Waals surface area contributed by atoms with Crippen molar-refractivity contribution in [2.75, 3.05) is 19.0 Å². The Bertz CT molecular complexity index is 1210. The monoisotopic (exact) mass is 434 g/mol. The van der Waals surface area contributed by atoms with Crippen molar-refractivity contribution in [1.29, 1.82) is 0 Å². The minimum atomic E-state index is 0.426. The lowest BCUT2D eigenvalue weighted by Crippen LogP contribution is -2.00. The summed E-state index contributed by atoms with van der Waals surface area (Å²) in [6.07, 6.45) is 1.68. The van der Waals surface area contributed by atoms with Gasteiger partial charge < -0.3 is 14.6 Å². The number of anilines is 1. The fourth-order valence-electron chi connectivity index (χ4n) is 3.46. The van der Waals surface area contributed by atoms with Crippen LogP contribution in [0.2, 0.25) is 5.02 Å². The molecule has 0 aliphatic heterocycles. The number of nitrogens with zero attached hydrogens (tertiary/aromatic N) is 3. The Balaban J connectivity index is 1.68. The largest absolute Gasteiger partial charge is 0.380 e. The van der Waals surface area contributed by atoms with Gasteiger partial charge in [0.25, 0.3) is 5.89 Å². The van der Waals surface area contributed by atoms with Crippen LogP contribution in [-0.2, 0) is 11.3 Å².